The number of anilines is 1. The number of halogens is 2. The second kappa shape index (κ2) is 4.95. The van der Waals surface area contributed by atoms with E-state index in [9.17, 15) is 8.78 Å². The molecule has 4 nitrogen and oxygen atoms in total. The molecule has 0 saturated carbocycles. The van der Waals surface area contributed by atoms with Gasteiger partial charge in [0.15, 0.2) is 11.6 Å². The molecule has 18 heavy (non-hydrogen) atoms. The van der Waals surface area contributed by atoms with Crippen molar-refractivity contribution >= 4 is 5.82 Å². The number of hydrogen-bond acceptors (Lipinski definition) is 4. The SMILES string of the molecule is CCc1nc(N)cc(Oc2ccc(F)c(F)c2)n1. The first kappa shape index (κ1) is 12.2. The Balaban J connectivity index is 2.27. The van der Waals surface area contributed by atoms with Crippen LogP contribution in [0.2, 0.25) is 0 Å². The van der Waals surface area contributed by atoms with Gasteiger partial charge in [-0.25, -0.2) is 13.8 Å². The second-order valence-electron chi connectivity index (χ2n) is 3.58. The summed E-state index contributed by atoms with van der Waals surface area (Å²) in [6, 6.07) is 4.65. The van der Waals surface area contributed by atoms with Crippen molar-refractivity contribution in [3.8, 4) is 11.6 Å². The maximum Gasteiger partial charge on any atom is 0.224 e. The lowest BCUT2D eigenvalue weighted by atomic mass is 10.3. The molecule has 0 bridgehead atoms. The van der Waals surface area contributed by atoms with Crippen molar-refractivity contribution in [2.24, 2.45) is 0 Å². The van der Waals surface area contributed by atoms with Gasteiger partial charge in [0.25, 0.3) is 0 Å². The number of rotatable bonds is 3. The standard InChI is InChI=1S/C12H11F2N3O/c1-2-11-16-10(15)6-12(17-11)18-7-3-4-8(13)9(14)5-7/h3-6H,2H2,1H3,(H2,15,16,17). The smallest absolute Gasteiger partial charge is 0.224 e. The number of ether oxygens (including phenoxy) is 1. The van der Waals surface area contributed by atoms with Gasteiger partial charge < -0.3 is 10.5 Å². The first-order chi connectivity index (χ1) is 8.58. The Labute approximate surface area is 102 Å². The predicted molar refractivity (Wildman–Crippen MR) is 62.3 cm³/mol. The van der Waals surface area contributed by atoms with Gasteiger partial charge >= 0.3 is 0 Å². The van der Waals surface area contributed by atoms with Crippen molar-refractivity contribution < 1.29 is 13.5 Å². The zero-order chi connectivity index (χ0) is 13.1. The van der Waals surface area contributed by atoms with Gasteiger partial charge in [-0.1, -0.05) is 6.92 Å². The van der Waals surface area contributed by atoms with E-state index in [1.54, 1.807) is 0 Å². The van der Waals surface area contributed by atoms with Crippen LogP contribution in [0.5, 0.6) is 11.6 Å². The zero-order valence-corrected chi connectivity index (χ0v) is 9.65. The van der Waals surface area contributed by atoms with Gasteiger partial charge in [0.1, 0.15) is 17.4 Å². The zero-order valence-electron chi connectivity index (χ0n) is 9.65. The summed E-state index contributed by atoms with van der Waals surface area (Å²) in [7, 11) is 0. The molecule has 0 saturated heterocycles. The molecule has 0 fully saturated rings. The molecule has 1 aromatic carbocycles. The summed E-state index contributed by atoms with van der Waals surface area (Å²) < 4.78 is 31.0. The molecule has 0 unspecified atom stereocenters. The van der Waals surface area contributed by atoms with Crippen molar-refractivity contribution in [2.45, 2.75) is 13.3 Å². The minimum absolute atomic E-state index is 0.147. The Morgan fingerprint density at radius 2 is 1.94 bits per heavy atom. The molecule has 6 heteroatoms. The number of aryl methyl sites for hydroxylation is 1. The van der Waals surface area contributed by atoms with Gasteiger partial charge in [0, 0.05) is 18.6 Å². The molecule has 0 radical (unpaired) electrons. The number of hydrogen-bond donors (Lipinski definition) is 1. The number of benzene rings is 1. The highest BCUT2D eigenvalue weighted by atomic mass is 19.2. The summed E-state index contributed by atoms with van der Waals surface area (Å²) >= 11 is 0. The summed E-state index contributed by atoms with van der Waals surface area (Å²) in [4.78, 5) is 8.05. The van der Waals surface area contributed by atoms with E-state index in [4.69, 9.17) is 10.5 Å². The van der Waals surface area contributed by atoms with Crippen molar-refractivity contribution in [3.05, 3.63) is 41.7 Å². The number of aromatic nitrogens is 2. The largest absolute Gasteiger partial charge is 0.439 e. The van der Waals surface area contributed by atoms with Crippen LogP contribution >= 0.6 is 0 Å². The molecule has 0 aliphatic rings. The quantitative estimate of drug-likeness (QED) is 0.911. The topological polar surface area (TPSA) is 61.0 Å². The summed E-state index contributed by atoms with van der Waals surface area (Å²) in [6.07, 6.45) is 0.596. The average Bonchev–Trinajstić information content (AvgIpc) is 2.33. The maximum absolute atomic E-state index is 13.0. The number of nitrogens with two attached hydrogens (primary N) is 1. The molecule has 1 aromatic heterocycles. The highest BCUT2D eigenvalue weighted by molar-refractivity contribution is 5.36. The van der Waals surface area contributed by atoms with Crippen LogP contribution in [0.4, 0.5) is 14.6 Å². The normalized spacial score (nSPS) is 10.4. The van der Waals surface area contributed by atoms with Crippen LogP contribution in [0.15, 0.2) is 24.3 Å². The summed E-state index contributed by atoms with van der Waals surface area (Å²) in [5.74, 6) is -0.782. The van der Waals surface area contributed by atoms with E-state index in [1.165, 1.54) is 12.1 Å². The predicted octanol–water partition coefficient (Wildman–Crippen LogP) is 2.69. The van der Waals surface area contributed by atoms with E-state index in [0.717, 1.165) is 12.1 Å². The second-order valence-corrected chi connectivity index (χ2v) is 3.58. The molecule has 0 aliphatic heterocycles. The fourth-order valence-electron chi connectivity index (χ4n) is 1.36. The molecule has 2 rings (SSSR count). The molecule has 0 spiro atoms. The molecule has 0 atom stereocenters. The molecule has 0 aliphatic carbocycles. The molecule has 2 N–H and O–H groups in total. The van der Waals surface area contributed by atoms with Crippen LogP contribution in [0, 0.1) is 11.6 Å². The molecule has 0 amide bonds. The van der Waals surface area contributed by atoms with Gasteiger partial charge in [-0.15, -0.1) is 0 Å². The van der Waals surface area contributed by atoms with Crippen LogP contribution < -0.4 is 10.5 Å². The third-order valence-corrected chi connectivity index (χ3v) is 2.20. The highest BCUT2D eigenvalue weighted by Crippen LogP contribution is 2.22. The molecular formula is C12H11F2N3O. The molecular weight excluding hydrogens is 240 g/mol. The Bertz CT molecular complexity index is 575. The van der Waals surface area contributed by atoms with E-state index in [0.29, 0.717) is 12.2 Å². The molecule has 1 heterocycles. The Morgan fingerprint density at radius 1 is 1.17 bits per heavy atom. The van der Waals surface area contributed by atoms with E-state index >= 15 is 0 Å². The first-order valence-corrected chi connectivity index (χ1v) is 5.35. The van der Waals surface area contributed by atoms with E-state index in [-0.39, 0.29) is 17.4 Å². The van der Waals surface area contributed by atoms with Gasteiger partial charge in [-0.3, -0.25) is 0 Å². The first-order valence-electron chi connectivity index (χ1n) is 5.35. The van der Waals surface area contributed by atoms with E-state index < -0.39 is 11.6 Å². The number of nitrogen functional groups attached to an aromatic ring is 1. The summed E-state index contributed by atoms with van der Waals surface area (Å²) in [6.45, 7) is 1.87. The van der Waals surface area contributed by atoms with Crippen LogP contribution in [0.3, 0.4) is 0 Å². The Morgan fingerprint density at radius 3 is 2.61 bits per heavy atom. The maximum atomic E-state index is 13.0. The van der Waals surface area contributed by atoms with Crippen LogP contribution in [0.25, 0.3) is 0 Å². The van der Waals surface area contributed by atoms with Gasteiger partial charge in [-0.2, -0.15) is 4.98 Å². The summed E-state index contributed by atoms with van der Waals surface area (Å²) in [5.41, 5.74) is 5.58. The van der Waals surface area contributed by atoms with Crippen molar-refractivity contribution in [3.63, 3.8) is 0 Å². The van der Waals surface area contributed by atoms with Gasteiger partial charge in [0.05, 0.1) is 0 Å². The molecule has 94 valence electrons. The monoisotopic (exact) mass is 251 g/mol. The molecule has 2 aromatic rings. The highest BCUT2D eigenvalue weighted by Gasteiger charge is 2.07. The van der Waals surface area contributed by atoms with Crippen molar-refractivity contribution in [1.82, 2.24) is 9.97 Å². The lowest BCUT2D eigenvalue weighted by molar-refractivity contribution is 0.445. The van der Waals surface area contributed by atoms with Gasteiger partial charge in [0.2, 0.25) is 5.88 Å². The van der Waals surface area contributed by atoms with Crippen molar-refractivity contribution in [2.75, 3.05) is 5.73 Å². The van der Waals surface area contributed by atoms with E-state index in [2.05, 4.69) is 9.97 Å². The van der Waals surface area contributed by atoms with Crippen LogP contribution in [-0.2, 0) is 6.42 Å². The minimum Gasteiger partial charge on any atom is -0.439 e. The van der Waals surface area contributed by atoms with Crippen LogP contribution in [-0.4, -0.2) is 9.97 Å². The fraction of sp³-hybridized carbons (Fsp3) is 0.167. The van der Waals surface area contributed by atoms with Gasteiger partial charge in [-0.05, 0) is 12.1 Å². The summed E-state index contributed by atoms with van der Waals surface area (Å²) in [5, 5.41) is 0. The Kier molecular flexibility index (Phi) is 3.36. The average molecular weight is 251 g/mol. The van der Waals surface area contributed by atoms with Crippen molar-refractivity contribution in [1.29, 1.82) is 0 Å². The number of nitrogens with zero attached hydrogens (tertiary/aromatic N) is 2. The minimum atomic E-state index is -0.981. The lowest BCUT2D eigenvalue weighted by Gasteiger charge is -2.07. The van der Waals surface area contributed by atoms with E-state index in [1.807, 2.05) is 6.92 Å². The third kappa shape index (κ3) is 2.71. The lowest BCUT2D eigenvalue weighted by Crippen LogP contribution is -2.00. The fourth-order valence-corrected chi connectivity index (χ4v) is 1.36. The Hall–Kier alpha value is -2.24. The van der Waals surface area contributed by atoms with Crippen LogP contribution in [0.1, 0.15) is 12.7 Å². The third-order valence-electron chi connectivity index (χ3n) is 2.20.